The van der Waals surface area contributed by atoms with Crippen molar-refractivity contribution in [3.8, 4) is 0 Å². The molecule has 3 nitrogen and oxygen atoms in total. The van der Waals surface area contributed by atoms with Gasteiger partial charge in [-0.15, -0.1) is 11.8 Å². The molecule has 0 saturated carbocycles. The molecule has 0 N–H and O–H groups in total. The number of carbonyl (C=O) groups is 1. The molecule has 2 heterocycles. The maximum Gasteiger partial charge on any atom is 0.272 e. The van der Waals surface area contributed by atoms with Gasteiger partial charge < -0.3 is 4.90 Å². The van der Waals surface area contributed by atoms with Gasteiger partial charge in [0.15, 0.2) is 0 Å². The molecule has 0 atom stereocenters. The first kappa shape index (κ1) is 19.5. The van der Waals surface area contributed by atoms with Crippen molar-refractivity contribution < 1.29 is 4.79 Å². The molecule has 1 aliphatic rings. The minimum atomic E-state index is 0.0372. The van der Waals surface area contributed by atoms with Crippen molar-refractivity contribution in [2.24, 2.45) is 0 Å². The highest BCUT2D eigenvalue weighted by Crippen LogP contribution is 2.33. The number of hydrogen-bond donors (Lipinski definition) is 0. The Bertz CT molecular complexity index is 789. The van der Waals surface area contributed by atoms with Crippen LogP contribution in [-0.2, 0) is 5.75 Å². The van der Waals surface area contributed by atoms with Crippen LogP contribution in [0.3, 0.4) is 0 Å². The SMILES string of the molecule is Cc1cc(Cl)c(SCc2cccc(C(=O)N3CCCCCC3)n2)cc1Cl. The highest BCUT2D eigenvalue weighted by atomic mass is 35.5. The maximum atomic E-state index is 12.7. The van der Waals surface area contributed by atoms with Gasteiger partial charge in [0.1, 0.15) is 5.69 Å². The fraction of sp³-hybridized carbons (Fsp3) is 0.400. The molecule has 0 unspecified atom stereocenters. The van der Waals surface area contributed by atoms with E-state index in [0.29, 0.717) is 21.5 Å². The molecule has 3 rings (SSSR count). The number of nitrogens with zero attached hydrogens (tertiary/aromatic N) is 2. The third-order valence-corrected chi connectivity index (χ3v) is 6.43. The Kier molecular flexibility index (Phi) is 6.85. The maximum absolute atomic E-state index is 12.7. The number of halogens is 2. The molecule has 0 bridgehead atoms. The van der Waals surface area contributed by atoms with Gasteiger partial charge in [-0.05, 0) is 49.6 Å². The monoisotopic (exact) mass is 408 g/mol. The summed E-state index contributed by atoms with van der Waals surface area (Å²) in [7, 11) is 0. The summed E-state index contributed by atoms with van der Waals surface area (Å²) in [5.74, 6) is 0.676. The number of aryl methyl sites for hydroxylation is 1. The van der Waals surface area contributed by atoms with E-state index < -0.39 is 0 Å². The standard InChI is InChI=1S/C20H22Cl2N2OS/c1-14-11-17(22)19(12-16(14)21)26-13-15-7-6-8-18(23-15)20(25)24-9-4-2-3-5-10-24/h6-8,11-12H,2-5,9-10,13H2,1H3. The van der Waals surface area contributed by atoms with E-state index in [1.165, 1.54) is 12.8 Å². The Morgan fingerprint density at radius 1 is 1.12 bits per heavy atom. The molecule has 0 aliphatic carbocycles. The number of amides is 1. The van der Waals surface area contributed by atoms with Crippen molar-refractivity contribution in [3.05, 3.63) is 57.3 Å². The number of carbonyl (C=O) groups excluding carboxylic acids is 1. The fourth-order valence-electron chi connectivity index (χ4n) is 3.01. The van der Waals surface area contributed by atoms with Crippen LogP contribution < -0.4 is 0 Å². The summed E-state index contributed by atoms with van der Waals surface area (Å²) in [6, 6.07) is 9.40. The Hall–Kier alpha value is -1.23. The minimum absolute atomic E-state index is 0.0372. The lowest BCUT2D eigenvalue weighted by Gasteiger charge is -2.20. The molecule has 138 valence electrons. The average molecular weight is 409 g/mol. The van der Waals surface area contributed by atoms with Crippen molar-refractivity contribution >= 4 is 40.9 Å². The first-order valence-electron chi connectivity index (χ1n) is 8.88. The predicted molar refractivity (Wildman–Crippen MR) is 109 cm³/mol. The molecule has 26 heavy (non-hydrogen) atoms. The van der Waals surface area contributed by atoms with Crippen LogP contribution in [0.2, 0.25) is 10.0 Å². The van der Waals surface area contributed by atoms with Crippen LogP contribution in [0, 0.1) is 6.92 Å². The number of benzene rings is 1. The second-order valence-electron chi connectivity index (χ2n) is 6.54. The van der Waals surface area contributed by atoms with E-state index in [-0.39, 0.29) is 5.91 Å². The van der Waals surface area contributed by atoms with Gasteiger partial charge in [0, 0.05) is 28.8 Å². The summed E-state index contributed by atoms with van der Waals surface area (Å²) in [4.78, 5) is 20.2. The van der Waals surface area contributed by atoms with Crippen LogP contribution in [-0.4, -0.2) is 28.9 Å². The van der Waals surface area contributed by atoms with E-state index in [9.17, 15) is 4.79 Å². The number of hydrogen-bond acceptors (Lipinski definition) is 3. The molecular formula is C20H22Cl2N2OS. The normalized spacial score (nSPS) is 15.0. The second-order valence-corrected chi connectivity index (χ2v) is 8.37. The van der Waals surface area contributed by atoms with Gasteiger partial charge in [-0.2, -0.15) is 0 Å². The zero-order valence-corrected chi connectivity index (χ0v) is 17.1. The van der Waals surface area contributed by atoms with Gasteiger partial charge in [0.2, 0.25) is 0 Å². The van der Waals surface area contributed by atoms with Crippen LogP contribution >= 0.6 is 35.0 Å². The Morgan fingerprint density at radius 2 is 1.85 bits per heavy atom. The van der Waals surface area contributed by atoms with Crippen LogP contribution in [0.5, 0.6) is 0 Å². The predicted octanol–water partition coefficient (Wildman–Crippen LogP) is 6.01. The van der Waals surface area contributed by atoms with E-state index in [2.05, 4.69) is 4.98 Å². The van der Waals surface area contributed by atoms with Crippen LogP contribution in [0.15, 0.2) is 35.2 Å². The lowest BCUT2D eigenvalue weighted by Crippen LogP contribution is -2.32. The topological polar surface area (TPSA) is 33.2 Å². The first-order chi connectivity index (χ1) is 12.5. The summed E-state index contributed by atoms with van der Waals surface area (Å²) in [5, 5.41) is 1.39. The van der Waals surface area contributed by atoms with Crippen molar-refractivity contribution in [2.45, 2.75) is 43.3 Å². The summed E-state index contributed by atoms with van der Waals surface area (Å²) in [6.07, 6.45) is 4.56. The van der Waals surface area contributed by atoms with E-state index in [0.717, 1.165) is 42.1 Å². The highest BCUT2D eigenvalue weighted by Gasteiger charge is 2.18. The van der Waals surface area contributed by atoms with E-state index >= 15 is 0 Å². The fourth-order valence-corrected chi connectivity index (χ4v) is 4.48. The lowest BCUT2D eigenvalue weighted by atomic mass is 10.2. The van der Waals surface area contributed by atoms with Gasteiger partial charge in [0.05, 0.1) is 10.7 Å². The van der Waals surface area contributed by atoms with Gasteiger partial charge >= 0.3 is 0 Å². The molecule has 6 heteroatoms. The molecule has 1 aliphatic heterocycles. The summed E-state index contributed by atoms with van der Waals surface area (Å²) < 4.78 is 0. The first-order valence-corrected chi connectivity index (χ1v) is 10.6. The van der Waals surface area contributed by atoms with E-state index in [4.69, 9.17) is 23.2 Å². The summed E-state index contributed by atoms with van der Waals surface area (Å²) in [5.41, 5.74) is 2.35. The summed E-state index contributed by atoms with van der Waals surface area (Å²) in [6.45, 7) is 3.59. The van der Waals surface area contributed by atoms with Crippen molar-refractivity contribution in [1.29, 1.82) is 0 Å². The summed E-state index contributed by atoms with van der Waals surface area (Å²) >= 11 is 14.1. The van der Waals surface area contributed by atoms with Crippen LogP contribution in [0.4, 0.5) is 0 Å². The molecular weight excluding hydrogens is 387 g/mol. The van der Waals surface area contributed by atoms with Crippen LogP contribution in [0.25, 0.3) is 0 Å². The number of thioether (sulfide) groups is 1. The third-order valence-electron chi connectivity index (χ3n) is 4.51. The molecule has 0 radical (unpaired) electrons. The Balaban J connectivity index is 1.69. The Labute approximate surface area is 169 Å². The zero-order chi connectivity index (χ0) is 18.5. The lowest BCUT2D eigenvalue weighted by molar-refractivity contribution is 0.0755. The number of likely N-dealkylation sites (tertiary alicyclic amines) is 1. The third kappa shape index (κ3) is 4.93. The molecule has 2 aromatic rings. The van der Waals surface area contributed by atoms with Gasteiger partial charge in [-0.1, -0.05) is 42.1 Å². The molecule has 1 aromatic heterocycles. The quantitative estimate of drug-likeness (QED) is 0.580. The van der Waals surface area contributed by atoms with Crippen molar-refractivity contribution in [2.75, 3.05) is 13.1 Å². The van der Waals surface area contributed by atoms with Crippen LogP contribution in [0.1, 0.15) is 47.4 Å². The molecule has 0 spiro atoms. The van der Waals surface area contributed by atoms with Gasteiger partial charge in [-0.25, -0.2) is 4.98 Å². The smallest absolute Gasteiger partial charge is 0.272 e. The Morgan fingerprint density at radius 3 is 2.58 bits per heavy atom. The average Bonchev–Trinajstić information content (AvgIpc) is 2.92. The highest BCUT2D eigenvalue weighted by molar-refractivity contribution is 7.98. The van der Waals surface area contributed by atoms with Crippen molar-refractivity contribution in [3.63, 3.8) is 0 Å². The number of pyridine rings is 1. The number of rotatable bonds is 4. The molecule has 1 saturated heterocycles. The molecule has 1 aromatic carbocycles. The number of aromatic nitrogens is 1. The second kappa shape index (κ2) is 9.12. The van der Waals surface area contributed by atoms with Gasteiger partial charge in [0.25, 0.3) is 5.91 Å². The molecule has 1 fully saturated rings. The van der Waals surface area contributed by atoms with E-state index in [1.807, 2.05) is 36.1 Å². The molecule has 1 amide bonds. The largest absolute Gasteiger partial charge is 0.337 e. The van der Waals surface area contributed by atoms with E-state index in [1.54, 1.807) is 17.8 Å². The van der Waals surface area contributed by atoms with Crippen molar-refractivity contribution in [1.82, 2.24) is 9.88 Å². The van der Waals surface area contributed by atoms with Gasteiger partial charge in [-0.3, -0.25) is 4.79 Å². The minimum Gasteiger partial charge on any atom is -0.337 e. The zero-order valence-electron chi connectivity index (χ0n) is 14.8.